The highest BCUT2D eigenvalue weighted by molar-refractivity contribution is 5.85. The third-order valence-electron chi connectivity index (χ3n) is 2.93. The first-order valence-corrected chi connectivity index (χ1v) is 6.52. The van der Waals surface area contributed by atoms with Crippen molar-refractivity contribution >= 4 is 16.9 Å². The van der Waals surface area contributed by atoms with E-state index in [4.69, 9.17) is 9.15 Å². The Morgan fingerprint density at radius 3 is 2.89 bits per heavy atom. The average Bonchev–Trinajstić information content (AvgIpc) is 2.83. The minimum Gasteiger partial charge on any atom is -0.490 e. The van der Waals surface area contributed by atoms with E-state index in [2.05, 4.69) is 6.92 Å². The van der Waals surface area contributed by atoms with E-state index in [1.165, 1.54) is 18.9 Å². The third-order valence-corrected chi connectivity index (χ3v) is 2.93. The molecule has 1 aromatic heterocycles. The van der Waals surface area contributed by atoms with Gasteiger partial charge in [-0.1, -0.05) is 38.3 Å². The molecule has 102 valence electrons. The first-order chi connectivity index (χ1) is 9.22. The fourth-order valence-electron chi connectivity index (χ4n) is 1.94. The highest BCUT2D eigenvalue weighted by Gasteiger charge is 2.16. The van der Waals surface area contributed by atoms with Crippen LogP contribution < -0.4 is 4.74 Å². The molecule has 0 aliphatic carbocycles. The molecule has 1 heterocycles. The van der Waals surface area contributed by atoms with Gasteiger partial charge in [-0.3, -0.25) is 10.1 Å². The van der Waals surface area contributed by atoms with Crippen molar-refractivity contribution in [2.24, 2.45) is 0 Å². The molecule has 0 N–H and O–H groups in total. The van der Waals surface area contributed by atoms with Crippen LogP contribution in [-0.4, -0.2) is 11.5 Å². The number of ether oxygens (including phenoxy) is 1. The Morgan fingerprint density at radius 1 is 1.32 bits per heavy atom. The van der Waals surface area contributed by atoms with Crippen molar-refractivity contribution < 1.29 is 14.1 Å². The number of fused-ring (bicyclic) bond motifs is 1. The molecule has 0 unspecified atom stereocenters. The van der Waals surface area contributed by atoms with Crippen LogP contribution in [0.1, 0.15) is 32.6 Å². The van der Waals surface area contributed by atoms with Crippen LogP contribution in [0.15, 0.2) is 28.7 Å². The smallest absolute Gasteiger partial charge is 0.434 e. The number of rotatable bonds is 7. The van der Waals surface area contributed by atoms with Crippen molar-refractivity contribution in [2.75, 3.05) is 6.61 Å². The molecule has 2 aromatic rings. The molecule has 0 aliphatic rings. The predicted molar refractivity (Wildman–Crippen MR) is 72.5 cm³/mol. The Hall–Kier alpha value is -2.04. The van der Waals surface area contributed by atoms with Crippen molar-refractivity contribution in [3.05, 3.63) is 34.4 Å². The Kier molecular flexibility index (Phi) is 4.39. The molecule has 0 amide bonds. The topological polar surface area (TPSA) is 65.5 Å². The van der Waals surface area contributed by atoms with E-state index in [0.717, 1.165) is 12.8 Å². The summed E-state index contributed by atoms with van der Waals surface area (Å²) in [5.74, 6) is 0.319. The quantitative estimate of drug-likeness (QED) is 0.424. The van der Waals surface area contributed by atoms with Crippen LogP contribution in [0.25, 0.3) is 11.0 Å². The van der Waals surface area contributed by atoms with Gasteiger partial charge in [-0.05, 0) is 12.5 Å². The van der Waals surface area contributed by atoms with Crippen molar-refractivity contribution in [3.63, 3.8) is 0 Å². The highest BCUT2D eigenvalue weighted by atomic mass is 16.6. The number of hydrogen-bond donors (Lipinski definition) is 0. The van der Waals surface area contributed by atoms with Gasteiger partial charge in [-0.25, -0.2) is 0 Å². The zero-order valence-corrected chi connectivity index (χ0v) is 10.9. The molecule has 0 bridgehead atoms. The molecule has 2 rings (SSSR count). The van der Waals surface area contributed by atoms with Gasteiger partial charge in [0.1, 0.15) is 4.92 Å². The summed E-state index contributed by atoms with van der Waals surface area (Å²) in [6.07, 6.45) is 4.48. The van der Waals surface area contributed by atoms with Crippen molar-refractivity contribution in [3.8, 4) is 5.75 Å². The first-order valence-electron chi connectivity index (χ1n) is 6.52. The Bertz CT molecular complexity index is 562. The molecule has 0 fully saturated rings. The second-order valence-electron chi connectivity index (χ2n) is 4.43. The summed E-state index contributed by atoms with van der Waals surface area (Å²) in [4.78, 5) is 10.1. The maximum Gasteiger partial charge on any atom is 0.434 e. The Labute approximate surface area is 111 Å². The van der Waals surface area contributed by atoms with Crippen molar-refractivity contribution in [2.45, 2.75) is 32.6 Å². The second-order valence-corrected chi connectivity index (χ2v) is 4.43. The molecule has 0 radical (unpaired) electrons. The van der Waals surface area contributed by atoms with E-state index in [1.54, 1.807) is 12.1 Å². The van der Waals surface area contributed by atoms with E-state index >= 15 is 0 Å². The summed E-state index contributed by atoms with van der Waals surface area (Å²) in [7, 11) is 0. The van der Waals surface area contributed by atoms with Gasteiger partial charge >= 0.3 is 5.88 Å². The molecule has 0 spiro atoms. The molecule has 0 aliphatic heterocycles. The number of unbranched alkanes of at least 4 members (excludes halogenated alkanes) is 3. The van der Waals surface area contributed by atoms with E-state index < -0.39 is 4.92 Å². The molecule has 1 aromatic carbocycles. The zero-order valence-electron chi connectivity index (χ0n) is 10.9. The van der Waals surface area contributed by atoms with E-state index in [9.17, 15) is 10.1 Å². The number of furan rings is 1. The Balaban J connectivity index is 2.07. The van der Waals surface area contributed by atoms with Gasteiger partial charge in [-0.15, -0.1) is 0 Å². The fourth-order valence-corrected chi connectivity index (χ4v) is 1.94. The van der Waals surface area contributed by atoms with Gasteiger partial charge in [-0.2, -0.15) is 0 Å². The molecule has 5 nitrogen and oxygen atoms in total. The van der Waals surface area contributed by atoms with E-state index in [1.807, 2.05) is 6.07 Å². The van der Waals surface area contributed by atoms with Gasteiger partial charge in [0.15, 0.2) is 11.3 Å². The second kappa shape index (κ2) is 6.22. The SMILES string of the molecule is CCCCCCOc1cccc2cc([N+](=O)[O-])oc12. The van der Waals surface area contributed by atoms with Gasteiger partial charge in [0.05, 0.1) is 12.7 Å². The van der Waals surface area contributed by atoms with Crippen LogP contribution in [0.3, 0.4) is 0 Å². The van der Waals surface area contributed by atoms with Crippen LogP contribution in [0, 0.1) is 10.1 Å². The molecule has 0 atom stereocenters. The lowest BCUT2D eigenvalue weighted by Gasteiger charge is -2.05. The van der Waals surface area contributed by atoms with Crippen LogP contribution in [-0.2, 0) is 0 Å². The number of para-hydroxylation sites is 1. The molecule has 5 heteroatoms. The molecule has 19 heavy (non-hydrogen) atoms. The normalized spacial score (nSPS) is 10.8. The van der Waals surface area contributed by atoms with E-state index in [0.29, 0.717) is 23.3 Å². The fraction of sp³-hybridized carbons (Fsp3) is 0.429. The lowest BCUT2D eigenvalue weighted by atomic mass is 10.2. The predicted octanol–water partition coefficient (Wildman–Crippen LogP) is 4.30. The monoisotopic (exact) mass is 263 g/mol. The van der Waals surface area contributed by atoms with E-state index in [-0.39, 0.29) is 5.88 Å². The molecule has 0 saturated heterocycles. The minimum absolute atomic E-state index is 0.253. The summed E-state index contributed by atoms with van der Waals surface area (Å²) in [5, 5.41) is 11.4. The maximum atomic E-state index is 10.7. The van der Waals surface area contributed by atoms with Crippen LogP contribution >= 0.6 is 0 Å². The standard InChI is InChI=1S/C14H17NO4/c1-2-3-4-5-9-18-12-8-6-7-11-10-13(15(16)17)19-14(11)12/h6-8,10H,2-5,9H2,1H3. The average molecular weight is 263 g/mol. The van der Waals surface area contributed by atoms with Gasteiger partial charge in [0.2, 0.25) is 0 Å². The van der Waals surface area contributed by atoms with Crippen LogP contribution in [0.4, 0.5) is 5.88 Å². The summed E-state index contributed by atoms with van der Waals surface area (Å²) < 4.78 is 10.9. The maximum absolute atomic E-state index is 10.7. The van der Waals surface area contributed by atoms with Crippen molar-refractivity contribution in [1.82, 2.24) is 0 Å². The van der Waals surface area contributed by atoms with Gasteiger partial charge in [0.25, 0.3) is 0 Å². The molecule has 0 saturated carbocycles. The largest absolute Gasteiger partial charge is 0.490 e. The van der Waals surface area contributed by atoms with Crippen LogP contribution in [0.2, 0.25) is 0 Å². The Morgan fingerprint density at radius 2 is 2.16 bits per heavy atom. The van der Waals surface area contributed by atoms with Gasteiger partial charge < -0.3 is 9.15 Å². The lowest BCUT2D eigenvalue weighted by molar-refractivity contribution is -0.401. The summed E-state index contributed by atoms with van der Waals surface area (Å²) in [6.45, 7) is 2.76. The summed E-state index contributed by atoms with van der Waals surface area (Å²) in [5.41, 5.74) is 0.449. The number of nitrogens with zero attached hydrogens (tertiary/aromatic N) is 1. The molecular weight excluding hydrogens is 246 g/mol. The van der Waals surface area contributed by atoms with Crippen LogP contribution in [0.5, 0.6) is 5.75 Å². The lowest BCUT2D eigenvalue weighted by Crippen LogP contribution is -1.97. The number of benzene rings is 1. The first kappa shape index (κ1) is 13.4. The van der Waals surface area contributed by atoms with Gasteiger partial charge in [0, 0.05) is 5.39 Å². The minimum atomic E-state index is -0.537. The summed E-state index contributed by atoms with van der Waals surface area (Å²) >= 11 is 0. The highest BCUT2D eigenvalue weighted by Crippen LogP contribution is 2.31. The zero-order chi connectivity index (χ0) is 13.7. The third kappa shape index (κ3) is 3.24. The number of hydrogen-bond acceptors (Lipinski definition) is 4. The number of nitro groups is 1. The molecular formula is C14H17NO4. The van der Waals surface area contributed by atoms with Crippen molar-refractivity contribution in [1.29, 1.82) is 0 Å². The summed E-state index contributed by atoms with van der Waals surface area (Å²) in [6, 6.07) is 6.77.